The van der Waals surface area contributed by atoms with E-state index < -0.39 is 18.0 Å². The fourth-order valence-electron chi connectivity index (χ4n) is 2.03. The van der Waals surface area contributed by atoms with Crippen molar-refractivity contribution in [3.05, 3.63) is 23.9 Å². The van der Waals surface area contributed by atoms with Gasteiger partial charge in [0.25, 0.3) is 5.91 Å². The highest BCUT2D eigenvalue weighted by Crippen LogP contribution is 2.33. The Balaban J connectivity index is 2.37. The van der Waals surface area contributed by atoms with Crippen molar-refractivity contribution in [2.24, 2.45) is 5.73 Å². The highest BCUT2D eigenvalue weighted by Gasteiger charge is 2.20. The van der Waals surface area contributed by atoms with Crippen LogP contribution in [-0.4, -0.2) is 47.1 Å². The molecule has 1 heterocycles. The van der Waals surface area contributed by atoms with E-state index in [1.165, 1.54) is 7.11 Å². The maximum atomic E-state index is 11.5. The van der Waals surface area contributed by atoms with Crippen LogP contribution < -0.4 is 15.2 Å². The molecule has 0 saturated heterocycles. The molecule has 0 aliphatic carbocycles. The summed E-state index contributed by atoms with van der Waals surface area (Å²) in [6, 6.07) is 4.90. The molecule has 1 aromatic heterocycles. The molecule has 0 aliphatic heterocycles. The van der Waals surface area contributed by atoms with Crippen LogP contribution in [0.2, 0.25) is 0 Å². The molecule has 3 N–H and O–H groups in total. The van der Waals surface area contributed by atoms with Crippen molar-refractivity contribution in [2.75, 3.05) is 13.7 Å². The number of nitrogens with one attached hydrogen (secondary N) is 1. The fraction of sp³-hybridized carbons (Fsp3) is 0.333. The standard InChI is InChI=1S/C15H18N4O5/c1-4-23-11-7-9(12-13(14(16)20)18-19-17-12)5-6-10(11)24-8(2)15(21)22-3/h5-8H,4H2,1-3H3,(H2,16,20)(H,17,18,19). The minimum Gasteiger partial charge on any atom is -0.490 e. The Morgan fingerprint density at radius 2 is 2.04 bits per heavy atom. The molecule has 0 fully saturated rings. The lowest BCUT2D eigenvalue weighted by Gasteiger charge is -2.16. The van der Waals surface area contributed by atoms with E-state index in [4.69, 9.17) is 15.2 Å². The number of aromatic amines is 1. The number of carbonyl (C=O) groups is 2. The smallest absolute Gasteiger partial charge is 0.346 e. The first-order valence-corrected chi connectivity index (χ1v) is 7.20. The first kappa shape index (κ1) is 17.3. The van der Waals surface area contributed by atoms with Crippen LogP contribution in [0.15, 0.2) is 18.2 Å². The molecular weight excluding hydrogens is 316 g/mol. The van der Waals surface area contributed by atoms with Gasteiger partial charge in [-0.05, 0) is 32.0 Å². The van der Waals surface area contributed by atoms with E-state index in [0.717, 1.165) is 0 Å². The van der Waals surface area contributed by atoms with E-state index in [1.807, 2.05) is 6.92 Å². The van der Waals surface area contributed by atoms with Crippen LogP contribution in [0.25, 0.3) is 11.3 Å². The van der Waals surface area contributed by atoms with Crippen molar-refractivity contribution in [3.63, 3.8) is 0 Å². The van der Waals surface area contributed by atoms with Crippen molar-refractivity contribution in [3.8, 4) is 22.8 Å². The molecule has 0 radical (unpaired) electrons. The minimum atomic E-state index is -0.798. The van der Waals surface area contributed by atoms with Gasteiger partial charge in [0, 0.05) is 5.56 Å². The molecule has 1 aromatic carbocycles. The number of nitrogens with zero attached hydrogens (tertiary/aromatic N) is 2. The molecule has 1 unspecified atom stereocenters. The number of primary amides is 1. The van der Waals surface area contributed by atoms with Crippen molar-refractivity contribution in [1.82, 2.24) is 15.4 Å². The van der Waals surface area contributed by atoms with Gasteiger partial charge in [0.2, 0.25) is 0 Å². The Bertz CT molecular complexity index is 743. The zero-order valence-electron chi connectivity index (χ0n) is 13.5. The molecule has 9 nitrogen and oxygen atoms in total. The highest BCUT2D eigenvalue weighted by molar-refractivity contribution is 5.96. The van der Waals surface area contributed by atoms with Gasteiger partial charge < -0.3 is 19.9 Å². The van der Waals surface area contributed by atoms with E-state index >= 15 is 0 Å². The number of H-pyrrole nitrogens is 1. The number of nitrogens with two attached hydrogens (primary N) is 1. The highest BCUT2D eigenvalue weighted by atomic mass is 16.6. The molecule has 2 rings (SSSR count). The van der Waals surface area contributed by atoms with Crippen LogP contribution in [-0.2, 0) is 9.53 Å². The van der Waals surface area contributed by atoms with Crippen molar-refractivity contribution in [1.29, 1.82) is 0 Å². The van der Waals surface area contributed by atoms with E-state index in [1.54, 1.807) is 25.1 Å². The quantitative estimate of drug-likeness (QED) is 0.720. The van der Waals surface area contributed by atoms with Crippen molar-refractivity contribution < 1.29 is 23.8 Å². The van der Waals surface area contributed by atoms with Gasteiger partial charge in [0.05, 0.1) is 13.7 Å². The summed E-state index contributed by atoms with van der Waals surface area (Å²) in [6.07, 6.45) is -0.798. The number of amides is 1. The number of hydrogen-bond acceptors (Lipinski definition) is 7. The van der Waals surface area contributed by atoms with Gasteiger partial charge in [0.1, 0.15) is 5.69 Å². The number of rotatable bonds is 7. The molecule has 2 aromatic rings. The van der Waals surface area contributed by atoms with E-state index in [2.05, 4.69) is 20.1 Å². The molecule has 1 amide bonds. The van der Waals surface area contributed by atoms with Gasteiger partial charge in [-0.3, -0.25) is 4.79 Å². The molecule has 1 atom stereocenters. The Hall–Kier alpha value is -3.10. The predicted octanol–water partition coefficient (Wildman–Crippen LogP) is 0.910. The normalized spacial score (nSPS) is 11.6. The van der Waals surface area contributed by atoms with Gasteiger partial charge in [0.15, 0.2) is 23.3 Å². The zero-order chi connectivity index (χ0) is 17.7. The number of hydrogen-bond donors (Lipinski definition) is 2. The molecule has 0 saturated carbocycles. The van der Waals surface area contributed by atoms with Crippen LogP contribution in [0.1, 0.15) is 24.3 Å². The number of esters is 1. The van der Waals surface area contributed by atoms with E-state index in [-0.39, 0.29) is 5.69 Å². The number of ether oxygens (including phenoxy) is 3. The van der Waals surface area contributed by atoms with Gasteiger partial charge in [-0.2, -0.15) is 15.4 Å². The minimum absolute atomic E-state index is 0.0223. The molecule has 9 heteroatoms. The summed E-state index contributed by atoms with van der Waals surface area (Å²) in [4.78, 5) is 22.9. The third-order valence-electron chi connectivity index (χ3n) is 3.14. The maximum Gasteiger partial charge on any atom is 0.346 e. The van der Waals surface area contributed by atoms with Crippen molar-refractivity contribution in [2.45, 2.75) is 20.0 Å². The fourth-order valence-corrected chi connectivity index (χ4v) is 2.03. The number of methoxy groups -OCH3 is 1. The van der Waals surface area contributed by atoms with Crippen LogP contribution in [0, 0.1) is 0 Å². The van der Waals surface area contributed by atoms with Gasteiger partial charge >= 0.3 is 5.97 Å². The van der Waals surface area contributed by atoms with Gasteiger partial charge in [-0.15, -0.1) is 0 Å². The lowest BCUT2D eigenvalue weighted by molar-refractivity contribution is -0.147. The summed E-state index contributed by atoms with van der Waals surface area (Å²) < 4.78 is 15.7. The summed E-state index contributed by atoms with van der Waals surface area (Å²) in [5.41, 5.74) is 6.16. The van der Waals surface area contributed by atoms with Crippen LogP contribution in [0.3, 0.4) is 0 Å². The van der Waals surface area contributed by atoms with Crippen LogP contribution in [0.5, 0.6) is 11.5 Å². The summed E-state index contributed by atoms with van der Waals surface area (Å²) >= 11 is 0. The Kier molecular flexibility index (Phi) is 5.35. The number of carbonyl (C=O) groups excluding carboxylic acids is 2. The van der Waals surface area contributed by atoms with Gasteiger partial charge in [-0.1, -0.05) is 0 Å². The van der Waals surface area contributed by atoms with Crippen molar-refractivity contribution >= 4 is 11.9 Å². The zero-order valence-corrected chi connectivity index (χ0v) is 13.5. The lowest BCUT2D eigenvalue weighted by Crippen LogP contribution is -2.25. The SMILES string of the molecule is CCOc1cc(-c2n[nH]nc2C(N)=O)ccc1OC(C)C(=O)OC. The molecular formula is C15H18N4O5. The second-order valence-corrected chi connectivity index (χ2v) is 4.76. The van der Waals surface area contributed by atoms with Gasteiger partial charge in [-0.25, -0.2) is 4.79 Å². The summed E-state index contributed by atoms with van der Waals surface area (Å²) in [6.45, 7) is 3.76. The molecule has 0 spiro atoms. The summed E-state index contributed by atoms with van der Waals surface area (Å²) in [5.74, 6) is -0.447. The summed E-state index contributed by atoms with van der Waals surface area (Å²) in [5, 5.41) is 10.0. The summed E-state index contributed by atoms with van der Waals surface area (Å²) in [7, 11) is 1.28. The average molecular weight is 334 g/mol. The number of aromatic nitrogens is 3. The Labute approximate surface area is 138 Å². The average Bonchev–Trinajstić information content (AvgIpc) is 3.05. The maximum absolute atomic E-state index is 11.5. The Morgan fingerprint density at radius 1 is 1.29 bits per heavy atom. The second kappa shape index (κ2) is 7.44. The van der Waals surface area contributed by atoms with Crippen LogP contribution in [0.4, 0.5) is 0 Å². The first-order chi connectivity index (χ1) is 11.5. The predicted molar refractivity (Wildman–Crippen MR) is 83.6 cm³/mol. The molecule has 24 heavy (non-hydrogen) atoms. The molecule has 128 valence electrons. The molecule has 0 aliphatic rings. The third-order valence-corrected chi connectivity index (χ3v) is 3.14. The van der Waals surface area contributed by atoms with E-state index in [9.17, 15) is 9.59 Å². The third kappa shape index (κ3) is 3.62. The second-order valence-electron chi connectivity index (χ2n) is 4.76. The largest absolute Gasteiger partial charge is 0.490 e. The Morgan fingerprint density at radius 3 is 2.67 bits per heavy atom. The molecule has 0 bridgehead atoms. The topological polar surface area (TPSA) is 129 Å². The number of benzene rings is 1. The van der Waals surface area contributed by atoms with Crippen LogP contribution >= 0.6 is 0 Å². The van der Waals surface area contributed by atoms with E-state index in [0.29, 0.717) is 29.4 Å². The lowest BCUT2D eigenvalue weighted by atomic mass is 10.1. The monoisotopic (exact) mass is 334 g/mol. The first-order valence-electron chi connectivity index (χ1n) is 7.20.